The maximum atomic E-state index is 11.6. The van der Waals surface area contributed by atoms with E-state index in [9.17, 15) is 14.4 Å². The summed E-state index contributed by atoms with van der Waals surface area (Å²) >= 11 is 0. The van der Waals surface area contributed by atoms with Gasteiger partial charge in [-0.15, -0.1) is 0 Å². The molecule has 0 aliphatic carbocycles. The predicted molar refractivity (Wildman–Crippen MR) is 57.5 cm³/mol. The number of carbonyl (C=O) groups is 3. The highest BCUT2D eigenvalue weighted by atomic mass is 16.2. The highest BCUT2D eigenvalue weighted by Gasteiger charge is 2.29. The van der Waals surface area contributed by atoms with Crippen molar-refractivity contribution in [2.45, 2.75) is 31.8 Å². The van der Waals surface area contributed by atoms with Crippen LogP contribution in [0.4, 0.5) is 0 Å². The molecule has 1 heterocycles. The van der Waals surface area contributed by atoms with Gasteiger partial charge < -0.3 is 4.90 Å². The maximum absolute atomic E-state index is 11.6. The molecule has 0 bridgehead atoms. The molecule has 0 radical (unpaired) electrons. The first-order valence-electron chi connectivity index (χ1n) is 5.22. The minimum Gasteiger partial charge on any atom is -0.347 e. The van der Waals surface area contributed by atoms with Gasteiger partial charge in [-0.1, -0.05) is 0 Å². The van der Waals surface area contributed by atoms with Crippen molar-refractivity contribution in [2.75, 3.05) is 14.1 Å². The first-order valence-corrected chi connectivity index (χ1v) is 5.22. The zero-order chi connectivity index (χ0) is 12.3. The average molecular weight is 227 g/mol. The fourth-order valence-electron chi connectivity index (χ4n) is 1.61. The number of imide groups is 1. The van der Waals surface area contributed by atoms with E-state index in [2.05, 4.69) is 10.6 Å². The zero-order valence-electron chi connectivity index (χ0n) is 9.74. The van der Waals surface area contributed by atoms with Crippen molar-refractivity contribution in [1.29, 1.82) is 0 Å². The van der Waals surface area contributed by atoms with Crippen molar-refractivity contribution in [3.63, 3.8) is 0 Å². The minimum absolute atomic E-state index is 0.0929. The van der Waals surface area contributed by atoms with Crippen LogP contribution in [0.5, 0.6) is 0 Å². The van der Waals surface area contributed by atoms with Crippen LogP contribution in [0.25, 0.3) is 0 Å². The molecule has 1 saturated heterocycles. The number of hydrogen-bond donors (Lipinski definition) is 2. The summed E-state index contributed by atoms with van der Waals surface area (Å²) in [5.41, 5.74) is 0. The molecule has 3 amide bonds. The fraction of sp³-hybridized carbons (Fsp3) is 0.700. The Morgan fingerprint density at radius 3 is 2.62 bits per heavy atom. The first kappa shape index (κ1) is 12.6. The van der Waals surface area contributed by atoms with Crippen LogP contribution in [-0.2, 0) is 14.4 Å². The number of piperidine rings is 1. The summed E-state index contributed by atoms with van der Waals surface area (Å²) in [4.78, 5) is 35.3. The van der Waals surface area contributed by atoms with Gasteiger partial charge in [0.25, 0.3) is 0 Å². The van der Waals surface area contributed by atoms with E-state index in [0.29, 0.717) is 12.8 Å². The number of nitrogens with one attached hydrogen (secondary N) is 2. The first-order chi connectivity index (χ1) is 7.41. The molecule has 2 unspecified atom stereocenters. The lowest BCUT2D eigenvalue weighted by atomic mass is 10.1. The standard InChI is InChI=1S/C10H17N3O3/c1-6(10(16)13(2)3)11-7-4-5-8(14)12-9(7)15/h6-7,11H,4-5H2,1-3H3,(H,12,14,15). The second-order valence-electron chi connectivity index (χ2n) is 4.12. The Balaban J connectivity index is 2.51. The Bertz CT molecular complexity index is 314. The molecule has 6 nitrogen and oxygen atoms in total. The fourth-order valence-corrected chi connectivity index (χ4v) is 1.61. The van der Waals surface area contributed by atoms with Gasteiger partial charge in [-0.05, 0) is 13.3 Å². The third-order valence-corrected chi connectivity index (χ3v) is 2.50. The SMILES string of the molecule is CC(NC1CCC(=O)NC1=O)C(=O)N(C)C. The molecule has 0 aromatic carbocycles. The molecule has 2 atom stereocenters. The molecule has 1 fully saturated rings. The van der Waals surface area contributed by atoms with Crippen molar-refractivity contribution >= 4 is 17.7 Å². The minimum atomic E-state index is -0.461. The third-order valence-electron chi connectivity index (χ3n) is 2.50. The summed E-state index contributed by atoms with van der Waals surface area (Å²) in [6.07, 6.45) is 0.752. The van der Waals surface area contributed by atoms with E-state index in [4.69, 9.17) is 0 Å². The number of amides is 3. The lowest BCUT2D eigenvalue weighted by molar-refractivity contribution is -0.135. The molecule has 16 heavy (non-hydrogen) atoms. The van der Waals surface area contributed by atoms with Crippen molar-refractivity contribution in [2.24, 2.45) is 0 Å². The average Bonchev–Trinajstić information content (AvgIpc) is 2.20. The molecule has 6 heteroatoms. The molecular formula is C10H17N3O3. The van der Waals surface area contributed by atoms with Crippen molar-refractivity contribution in [3.05, 3.63) is 0 Å². The third kappa shape index (κ3) is 3.03. The van der Waals surface area contributed by atoms with Gasteiger partial charge in [-0.3, -0.25) is 25.0 Å². The van der Waals surface area contributed by atoms with Crippen molar-refractivity contribution in [1.82, 2.24) is 15.5 Å². The molecule has 2 N–H and O–H groups in total. The van der Waals surface area contributed by atoms with Crippen LogP contribution in [-0.4, -0.2) is 48.8 Å². The maximum Gasteiger partial charge on any atom is 0.243 e. The lowest BCUT2D eigenvalue weighted by Crippen LogP contribution is -2.55. The van der Waals surface area contributed by atoms with Gasteiger partial charge in [0.2, 0.25) is 17.7 Å². The molecular weight excluding hydrogens is 210 g/mol. The summed E-state index contributed by atoms with van der Waals surface area (Å²) in [6, 6.07) is -0.893. The van der Waals surface area contributed by atoms with E-state index >= 15 is 0 Å². The van der Waals surface area contributed by atoms with Gasteiger partial charge in [0.15, 0.2) is 0 Å². The van der Waals surface area contributed by atoms with Crippen LogP contribution in [0.1, 0.15) is 19.8 Å². The topological polar surface area (TPSA) is 78.5 Å². The van der Waals surface area contributed by atoms with Crippen LogP contribution in [0, 0.1) is 0 Å². The van der Waals surface area contributed by atoms with E-state index < -0.39 is 12.1 Å². The van der Waals surface area contributed by atoms with Crippen LogP contribution < -0.4 is 10.6 Å². The molecule has 0 saturated carbocycles. The monoisotopic (exact) mass is 227 g/mol. The number of hydrogen-bond acceptors (Lipinski definition) is 4. The second kappa shape index (κ2) is 5.07. The molecule has 0 aromatic heterocycles. The predicted octanol–water partition coefficient (Wildman–Crippen LogP) is -1.14. The molecule has 1 rings (SSSR count). The molecule has 1 aliphatic heterocycles. The smallest absolute Gasteiger partial charge is 0.243 e. The van der Waals surface area contributed by atoms with Crippen LogP contribution >= 0.6 is 0 Å². The van der Waals surface area contributed by atoms with E-state index in [1.54, 1.807) is 21.0 Å². The number of carbonyl (C=O) groups excluding carboxylic acids is 3. The van der Waals surface area contributed by atoms with E-state index in [1.807, 2.05) is 0 Å². The Morgan fingerprint density at radius 1 is 1.50 bits per heavy atom. The Labute approximate surface area is 94.4 Å². The molecule has 0 aromatic rings. The van der Waals surface area contributed by atoms with E-state index in [0.717, 1.165) is 0 Å². The number of likely N-dealkylation sites (N-methyl/N-ethyl adjacent to an activating group) is 1. The van der Waals surface area contributed by atoms with Gasteiger partial charge in [0.1, 0.15) is 0 Å². The van der Waals surface area contributed by atoms with Gasteiger partial charge >= 0.3 is 0 Å². The molecule has 0 spiro atoms. The van der Waals surface area contributed by atoms with Crippen LogP contribution in [0.2, 0.25) is 0 Å². The summed E-state index contributed by atoms with van der Waals surface area (Å²) < 4.78 is 0. The Morgan fingerprint density at radius 2 is 2.12 bits per heavy atom. The van der Waals surface area contributed by atoms with Gasteiger partial charge in [0.05, 0.1) is 12.1 Å². The van der Waals surface area contributed by atoms with Crippen molar-refractivity contribution < 1.29 is 14.4 Å². The Hall–Kier alpha value is -1.43. The quantitative estimate of drug-likeness (QED) is 0.597. The largest absolute Gasteiger partial charge is 0.347 e. The van der Waals surface area contributed by atoms with Crippen LogP contribution in [0.3, 0.4) is 0 Å². The number of nitrogens with zero attached hydrogens (tertiary/aromatic N) is 1. The summed E-state index contributed by atoms with van der Waals surface area (Å²) in [5, 5.41) is 5.15. The molecule has 1 aliphatic rings. The highest BCUT2D eigenvalue weighted by Crippen LogP contribution is 2.05. The van der Waals surface area contributed by atoms with Gasteiger partial charge in [-0.2, -0.15) is 0 Å². The number of rotatable bonds is 3. The summed E-state index contributed by atoms with van der Waals surface area (Å²) in [6.45, 7) is 1.70. The normalized spacial score (nSPS) is 22.6. The van der Waals surface area contributed by atoms with E-state index in [1.165, 1.54) is 4.90 Å². The Kier molecular flexibility index (Phi) is 4.00. The summed E-state index contributed by atoms with van der Waals surface area (Å²) in [5.74, 6) is -0.700. The lowest BCUT2D eigenvalue weighted by Gasteiger charge is -2.26. The zero-order valence-corrected chi connectivity index (χ0v) is 9.74. The highest BCUT2D eigenvalue weighted by molar-refractivity contribution is 6.00. The van der Waals surface area contributed by atoms with Gasteiger partial charge in [-0.25, -0.2) is 0 Å². The van der Waals surface area contributed by atoms with Crippen molar-refractivity contribution in [3.8, 4) is 0 Å². The van der Waals surface area contributed by atoms with E-state index in [-0.39, 0.29) is 17.7 Å². The second-order valence-corrected chi connectivity index (χ2v) is 4.12. The molecule has 90 valence electrons. The van der Waals surface area contributed by atoms with Crippen LogP contribution in [0.15, 0.2) is 0 Å². The van der Waals surface area contributed by atoms with Gasteiger partial charge in [0, 0.05) is 20.5 Å². The summed E-state index contributed by atoms with van der Waals surface area (Å²) in [7, 11) is 3.32.